The van der Waals surface area contributed by atoms with Crippen LogP contribution in [0.4, 0.5) is 0 Å². The zero-order valence-electron chi connectivity index (χ0n) is 27.2. The van der Waals surface area contributed by atoms with Gasteiger partial charge in [-0.15, -0.1) is 0 Å². The SMILES string of the molecule is CCc1[nH]c2ccccc2[n+]1-c1ccc(-c2cc(-c3ccccc3)c3c(c2-c2ccccc2)-c2cccc4cccc-3c24)c2ccccc12. The van der Waals surface area contributed by atoms with Gasteiger partial charge in [0.25, 0.3) is 5.82 Å². The van der Waals surface area contributed by atoms with Crippen LogP contribution in [0, 0.1) is 0 Å². The van der Waals surface area contributed by atoms with Crippen molar-refractivity contribution in [2.75, 3.05) is 0 Å². The van der Waals surface area contributed by atoms with Gasteiger partial charge in [0.05, 0.1) is 0 Å². The van der Waals surface area contributed by atoms with E-state index >= 15 is 0 Å². The summed E-state index contributed by atoms with van der Waals surface area (Å²) in [7, 11) is 0. The number of imidazole rings is 1. The molecule has 0 amide bonds. The first kappa shape index (κ1) is 27.8. The summed E-state index contributed by atoms with van der Waals surface area (Å²) in [5, 5.41) is 5.10. The Hall–Kier alpha value is -6.25. The molecule has 0 aliphatic heterocycles. The third-order valence-corrected chi connectivity index (χ3v) is 10.4. The molecule has 1 aromatic heterocycles. The van der Waals surface area contributed by atoms with Crippen molar-refractivity contribution < 1.29 is 4.57 Å². The number of fused-ring (bicyclic) bond motifs is 5. The van der Waals surface area contributed by atoms with Crippen molar-refractivity contribution in [2.45, 2.75) is 13.3 Å². The van der Waals surface area contributed by atoms with Gasteiger partial charge in [0.1, 0.15) is 5.69 Å². The largest absolute Gasteiger partial charge is 0.260 e. The van der Waals surface area contributed by atoms with Crippen LogP contribution in [0.15, 0.2) is 164 Å². The molecule has 10 rings (SSSR count). The van der Waals surface area contributed by atoms with E-state index in [2.05, 4.69) is 180 Å². The minimum absolute atomic E-state index is 0.903. The Morgan fingerprint density at radius 1 is 0.469 bits per heavy atom. The summed E-state index contributed by atoms with van der Waals surface area (Å²) < 4.78 is 2.41. The third kappa shape index (κ3) is 4.11. The van der Waals surface area contributed by atoms with E-state index in [9.17, 15) is 0 Å². The van der Waals surface area contributed by atoms with Crippen LogP contribution in [0.1, 0.15) is 12.7 Å². The minimum Gasteiger partial charge on any atom is -0.240 e. The molecule has 8 aromatic carbocycles. The maximum Gasteiger partial charge on any atom is 0.260 e. The van der Waals surface area contributed by atoms with Crippen LogP contribution in [0.5, 0.6) is 0 Å². The first-order chi connectivity index (χ1) is 24.3. The molecule has 0 unspecified atom stereocenters. The van der Waals surface area contributed by atoms with Crippen molar-refractivity contribution >= 4 is 32.6 Å². The van der Waals surface area contributed by atoms with Gasteiger partial charge in [0, 0.05) is 11.8 Å². The van der Waals surface area contributed by atoms with E-state index in [0.717, 1.165) is 11.9 Å². The number of hydrogen-bond donors (Lipinski definition) is 1. The van der Waals surface area contributed by atoms with Gasteiger partial charge in [-0.2, -0.15) is 4.57 Å². The number of aromatic nitrogens is 2. The van der Waals surface area contributed by atoms with Crippen LogP contribution in [0.25, 0.3) is 93.9 Å². The summed E-state index contributed by atoms with van der Waals surface area (Å²) in [4.78, 5) is 3.69. The lowest BCUT2D eigenvalue weighted by Gasteiger charge is -2.22. The highest BCUT2D eigenvalue weighted by Gasteiger charge is 2.31. The van der Waals surface area contributed by atoms with Gasteiger partial charge in [-0.25, -0.2) is 4.98 Å². The van der Waals surface area contributed by atoms with Gasteiger partial charge in [-0.1, -0.05) is 140 Å². The first-order valence-electron chi connectivity index (χ1n) is 17.2. The van der Waals surface area contributed by atoms with Crippen LogP contribution in [0.2, 0.25) is 0 Å². The molecule has 0 atom stereocenters. The lowest BCUT2D eigenvalue weighted by molar-refractivity contribution is -0.574. The van der Waals surface area contributed by atoms with Crippen LogP contribution in [-0.2, 0) is 6.42 Å². The molecule has 0 bridgehead atoms. The molecule has 0 radical (unpaired) electrons. The van der Waals surface area contributed by atoms with Gasteiger partial charge in [-0.3, -0.25) is 0 Å². The molecule has 0 spiro atoms. The first-order valence-corrected chi connectivity index (χ1v) is 17.2. The summed E-state index contributed by atoms with van der Waals surface area (Å²) in [6.45, 7) is 2.22. The summed E-state index contributed by atoms with van der Waals surface area (Å²) in [6.07, 6.45) is 0.903. The second-order valence-corrected chi connectivity index (χ2v) is 13.0. The topological polar surface area (TPSA) is 19.7 Å². The van der Waals surface area contributed by atoms with E-state index in [1.54, 1.807) is 0 Å². The molecule has 49 heavy (non-hydrogen) atoms. The predicted molar refractivity (Wildman–Crippen MR) is 205 cm³/mol. The molecule has 2 nitrogen and oxygen atoms in total. The summed E-state index contributed by atoms with van der Waals surface area (Å²) in [6, 6.07) is 60.2. The minimum atomic E-state index is 0.903. The molecule has 2 heteroatoms. The number of para-hydroxylation sites is 2. The Kier molecular flexibility index (Phi) is 6.19. The lowest BCUT2D eigenvalue weighted by Crippen LogP contribution is -2.34. The number of aromatic amines is 1. The monoisotopic (exact) mass is 625 g/mol. The van der Waals surface area contributed by atoms with Crippen LogP contribution in [0.3, 0.4) is 0 Å². The maximum absolute atomic E-state index is 3.69. The fraction of sp³-hybridized carbons (Fsp3) is 0.0426. The molecule has 1 aliphatic rings. The number of nitrogens with one attached hydrogen (secondary N) is 1. The fourth-order valence-corrected chi connectivity index (χ4v) is 8.32. The van der Waals surface area contributed by atoms with Crippen molar-refractivity contribution in [2.24, 2.45) is 0 Å². The molecular formula is C47H33N2+. The van der Waals surface area contributed by atoms with E-state index in [1.807, 2.05) is 0 Å². The van der Waals surface area contributed by atoms with Crippen LogP contribution in [-0.4, -0.2) is 4.98 Å². The lowest BCUT2D eigenvalue weighted by atomic mass is 9.81. The van der Waals surface area contributed by atoms with Gasteiger partial charge in [-0.05, 0) is 102 Å². The molecule has 0 saturated carbocycles. The zero-order valence-corrected chi connectivity index (χ0v) is 27.2. The number of nitrogens with zero attached hydrogens (tertiary/aromatic N) is 1. The molecule has 1 heterocycles. The summed E-state index contributed by atoms with van der Waals surface area (Å²) in [5.74, 6) is 1.19. The standard InChI is InChI=1S/C47H32N2/c1-2-43-48-40-25-11-12-26-42(40)49(43)41-28-27-34(33-21-9-10-22-35(33)41)39-29-38(30-15-5-3-6-16-30)46-36-23-13-19-31-20-14-24-37(44(31)36)47(46)45(39)32-17-7-4-8-18-32/h3-29H,2H2,1H3/p+1. The Labute approximate surface area is 285 Å². The molecule has 0 fully saturated rings. The Bertz CT molecular complexity index is 2730. The highest BCUT2D eigenvalue weighted by molar-refractivity contribution is 6.23. The molecule has 0 saturated heterocycles. The maximum atomic E-state index is 3.69. The van der Waals surface area contributed by atoms with Crippen molar-refractivity contribution in [1.29, 1.82) is 0 Å². The zero-order chi connectivity index (χ0) is 32.5. The normalized spacial score (nSPS) is 11.9. The van der Waals surface area contributed by atoms with Gasteiger partial charge < -0.3 is 0 Å². The van der Waals surface area contributed by atoms with Gasteiger partial charge in [0.2, 0.25) is 0 Å². The molecule has 230 valence electrons. The number of benzene rings is 8. The average Bonchev–Trinajstić information content (AvgIpc) is 3.72. The van der Waals surface area contributed by atoms with Crippen LogP contribution < -0.4 is 4.57 Å². The number of rotatable bonds is 5. The predicted octanol–water partition coefficient (Wildman–Crippen LogP) is 12.0. The second kappa shape index (κ2) is 10.9. The summed E-state index contributed by atoms with van der Waals surface area (Å²) >= 11 is 0. The van der Waals surface area contributed by atoms with Crippen molar-refractivity contribution in [3.8, 4) is 61.3 Å². The van der Waals surface area contributed by atoms with E-state index < -0.39 is 0 Å². The highest BCUT2D eigenvalue weighted by atomic mass is 15.1. The van der Waals surface area contributed by atoms with Crippen molar-refractivity contribution in [3.05, 3.63) is 170 Å². The number of hydrogen-bond acceptors (Lipinski definition) is 0. The second-order valence-electron chi connectivity index (χ2n) is 13.0. The smallest absolute Gasteiger partial charge is 0.240 e. The summed E-state index contributed by atoms with van der Waals surface area (Å²) in [5.41, 5.74) is 16.3. The third-order valence-electron chi connectivity index (χ3n) is 10.4. The van der Waals surface area contributed by atoms with E-state index in [1.165, 1.54) is 94.2 Å². The Balaban J connectivity index is 1.35. The van der Waals surface area contributed by atoms with Crippen molar-refractivity contribution in [1.82, 2.24) is 4.98 Å². The van der Waals surface area contributed by atoms with Gasteiger partial charge >= 0.3 is 0 Å². The Morgan fingerprint density at radius 2 is 1.12 bits per heavy atom. The van der Waals surface area contributed by atoms with Crippen LogP contribution >= 0.6 is 0 Å². The van der Waals surface area contributed by atoms with Crippen molar-refractivity contribution in [3.63, 3.8) is 0 Å². The Morgan fingerprint density at radius 3 is 1.88 bits per heavy atom. The number of aryl methyl sites for hydroxylation is 1. The molecule has 1 N–H and O–H groups in total. The van der Waals surface area contributed by atoms with E-state index in [-0.39, 0.29) is 0 Å². The molecular weight excluding hydrogens is 593 g/mol. The quantitative estimate of drug-likeness (QED) is 0.184. The fourth-order valence-electron chi connectivity index (χ4n) is 8.32. The highest BCUT2D eigenvalue weighted by Crippen LogP contribution is 2.57. The molecule has 9 aromatic rings. The number of H-pyrrole nitrogens is 1. The van der Waals surface area contributed by atoms with E-state index in [4.69, 9.17) is 0 Å². The molecule has 1 aliphatic carbocycles. The van der Waals surface area contributed by atoms with Gasteiger partial charge in [0.15, 0.2) is 11.0 Å². The average molecular weight is 626 g/mol. The van der Waals surface area contributed by atoms with E-state index in [0.29, 0.717) is 0 Å².